The number of guanidine groups is 1. The molecule has 18 heavy (non-hydrogen) atoms. The van der Waals surface area contributed by atoms with E-state index in [-0.39, 0.29) is 0 Å². The van der Waals surface area contributed by atoms with Gasteiger partial charge in [-0.15, -0.1) is 0 Å². The molecule has 1 aromatic rings. The summed E-state index contributed by atoms with van der Waals surface area (Å²) >= 11 is 0. The number of nitrogens with one attached hydrogen (secondary N) is 1. The first-order valence-electron chi connectivity index (χ1n) is 6.12. The van der Waals surface area contributed by atoms with Gasteiger partial charge >= 0.3 is 0 Å². The monoisotopic (exact) mass is 250 g/mol. The van der Waals surface area contributed by atoms with Gasteiger partial charge in [0.2, 0.25) is 5.96 Å². The van der Waals surface area contributed by atoms with E-state index in [0.717, 1.165) is 30.8 Å². The lowest BCUT2D eigenvalue weighted by atomic mass is 10.3. The van der Waals surface area contributed by atoms with E-state index in [2.05, 4.69) is 17.3 Å². The second kappa shape index (κ2) is 7.55. The summed E-state index contributed by atoms with van der Waals surface area (Å²) in [5.41, 5.74) is 3.56. The molecule has 0 aliphatic heterocycles. The number of ether oxygens (including phenoxy) is 1. The molecule has 1 aromatic carbocycles. The SMILES string of the molecule is CCCCN=C(NN)N(C)c1ccccc1OC. The van der Waals surface area contributed by atoms with Crippen molar-refractivity contribution in [3.05, 3.63) is 24.3 Å². The number of para-hydroxylation sites is 2. The van der Waals surface area contributed by atoms with Crippen LogP contribution in [0.1, 0.15) is 19.8 Å². The van der Waals surface area contributed by atoms with Crippen LogP contribution in [0.25, 0.3) is 0 Å². The lowest BCUT2D eigenvalue weighted by Gasteiger charge is -2.22. The van der Waals surface area contributed by atoms with Crippen molar-refractivity contribution in [2.24, 2.45) is 10.8 Å². The molecule has 0 saturated heterocycles. The molecule has 0 aliphatic rings. The van der Waals surface area contributed by atoms with Gasteiger partial charge in [-0.25, -0.2) is 5.84 Å². The first-order valence-corrected chi connectivity index (χ1v) is 6.12. The average Bonchev–Trinajstić information content (AvgIpc) is 2.43. The van der Waals surface area contributed by atoms with E-state index in [0.29, 0.717) is 5.96 Å². The van der Waals surface area contributed by atoms with E-state index in [1.165, 1.54) is 0 Å². The van der Waals surface area contributed by atoms with Crippen LogP contribution in [0.5, 0.6) is 5.75 Å². The Morgan fingerprint density at radius 3 is 2.78 bits per heavy atom. The van der Waals surface area contributed by atoms with E-state index < -0.39 is 0 Å². The highest BCUT2D eigenvalue weighted by Gasteiger charge is 2.11. The van der Waals surface area contributed by atoms with Crippen molar-refractivity contribution in [3.63, 3.8) is 0 Å². The number of nitrogens with zero attached hydrogens (tertiary/aromatic N) is 2. The zero-order valence-corrected chi connectivity index (χ0v) is 11.3. The van der Waals surface area contributed by atoms with E-state index in [9.17, 15) is 0 Å². The van der Waals surface area contributed by atoms with Crippen molar-refractivity contribution >= 4 is 11.6 Å². The molecule has 0 aliphatic carbocycles. The maximum absolute atomic E-state index is 5.52. The number of unbranched alkanes of at least 4 members (excludes halogenated alkanes) is 1. The molecular weight excluding hydrogens is 228 g/mol. The van der Waals surface area contributed by atoms with Crippen molar-refractivity contribution < 1.29 is 4.74 Å². The predicted molar refractivity (Wildman–Crippen MR) is 75.9 cm³/mol. The molecule has 0 bridgehead atoms. The molecule has 0 unspecified atom stereocenters. The van der Waals surface area contributed by atoms with E-state index in [1.807, 2.05) is 36.2 Å². The Hall–Kier alpha value is -1.75. The van der Waals surface area contributed by atoms with Crippen LogP contribution in [-0.2, 0) is 0 Å². The maximum Gasteiger partial charge on any atom is 0.212 e. The van der Waals surface area contributed by atoms with E-state index >= 15 is 0 Å². The summed E-state index contributed by atoms with van der Waals surface area (Å²) < 4.78 is 5.32. The quantitative estimate of drug-likeness (QED) is 0.275. The Morgan fingerprint density at radius 1 is 1.44 bits per heavy atom. The van der Waals surface area contributed by atoms with Crippen LogP contribution in [-0.4, -0.2) is 26.7 Å². The summed E-state index contributed by atoms with van der Waals surface area (Å²) in [6, 6.07) is 7.76. The Morgan fingerprint density at radius 2 is 2.17 bits per heavy atom. The van der Waals surface area contributed by atoms with Gasteiger partial charge in [-0.2, -0.15) is 0 Å². The topological polar surface area (TPSA) is 62.9 Å². The second-order valence-electron chi connectivity index (χ2n) is 3.93. The fourth-order valence-electron chi connectivity index (χ4n) is 1.61. The van der Waals surface area contributed by atoms with Gasteiger partial charge in [0.15, 0.2) is 0 Å². The Kier molecular flexibility index (Phi) is 6.00. The molecule has 0 saturated carbocycles. The van der Waals surface area contributed by atoms with Gasteiger partial charge < -0.3 is 9.64 Å². The number of methoxy groups -OCH3 is 1. The number of benzene rings is 1. The van der Waals surface area contributed by atoms with Gasteiger partial charge in [0, 0.05) is 13.6 Å². The van der Waals surface area contributed by atoms with Crippen LogP contribution in [0.3, 0.4) is 0 Å². The molecule has 0 atom stereocenters. The lowest BCUT2D eigenvalue weighted by molar-refractivity contribution is 0.416. The highest BCUT2D eigenvalue weighted by Crippen LogP contribution is 2.26. The van der Waals surface area contributed by atoms with Crippen LogP contribution in [0.4, 0.5) is 5.69 Å². The molecule has 3 N–H and O–H groups in total. The van der Waals surface area contributed by atoms with Crippen LogP contribution in [0.2, 0.25) is 0 Å². The predicted octanol–water partition coefficient (Wildman–Crippen LogP) is 1.75. The molecule has 0 aromatic heterocycles. The summed E-state index contributed by atoms with van der Waals surface area (Å²) in [7, 11) is 3.55. The number of rotatable bonds is 5. The van der Waals surface area contributed by atoms with Gasteiger partial charge in [0.25, 0.3) is 0 Å². The minimum Gasteiger partial charge on any atom is -0.495 e. The standard InChI is InChI=1S/C13H22N4O/c1-4-5-10-15-13(16-14)17(2)11-8-6-7-9-12(11)18-3/h6-9H,4-5,10,14H2,1-3H3,(H,15,16). The Balaban J connectivity index is 2.89. The van der Waals surface area contributed by atoms with Crippen molar-refractivity contribution in [3.8, 4) is 5.75 Å². The van der Waals surface area contributed by atoms with Gasteiger partial charge in [-0.1, -0.05) is 25.5 Å². The van der Waals surface area contributed by atoms with Crippen molar-refractivity contribution in [2.75, 3.05) is 25.6 Å². The number of nitrogens with two attached hydrogens (primary N) is 1. The highest BCUT2D eigenvalue weighted by atomic mass is 16.5. The minimum absolute atomic E-state index is 0.632. The van der Waals surface area contributed by atoms with Gasteiger partial charge in [0.1, 0.15) is 5.75 Å². The molecule has 0 heterocycles. The third-order valence-electron chi connectivity index (χ3n) is 2.67. The fourth-order valence-corrected chi connectivity index (χ4v) is 1.61. The van der Waals surface area contributed by atoms with Crippen molar-refractivity contribution in [1.29, 1.82) is 0 Å². The van der Waals surface area contributed by atoms with Gasteiger partial charge in [-0.05, 0) is 18.6 Å². The molecule has 0 amide bonds. The summed E-state index contributed by atoms with van der Waals surface area (Å²) in [6.45, 7) is 2.89. The Bertz CT molecular complexity index is 392. The molecule has 1 rings (SSSR count). The van der Waals surface area contributed by atoms with Crippen molar-refractivity contribution in [1.82, 2.24) is 5.43 Å². The number of aliphatic imine (C=N–C) groups is 1. The van der Waals surface area contributed by atoms with Gasteiger partial charge in [0.05, 0.1) is 12.8 Å². The summed E-state index contributed by atoms with van der Waals surface area (Å²) in [5.74, 6) is 6.94. The number of hydrazine groups is 1. The maximum atomic E-state index is 5.52. The number of hydrogen-bond acceptors (Lipinski definition) is 3. The minimum atomic E-state index is 0.632. The summed E-state index contributed by atoms with van der Waals surface area (Å²) in [4.78, 5) is 6.32. The third kappa shape index (κ3) is 3.63. The molecule has 0 spiro atoms. The summed E-state index contributed by atoms with van der Waals surface area (Å²) in [6.07, 6.45) is 2.16. The number of anilines is 1. The van der Waals surface area contributed by atoms with E-state index in [1.54, 1.807) is 7.11 Å². The lowest BCUT2D eigenvalue weighted by Crippen LogP contribution is -2.43. The normalized spacial score (nSPS) is 11.2. The van der Waals surface area contributed by atoms with Crippen molar-refractivity contribution in [2.45, 2.75) is 19.8 Å². The molecule has 100 valence electrons. The molecule has 5 nitrogen and oxygen atoms in total. The molecule has 5 heteroatoms. The molecule has 0 fully saturated rings. The van der Waals surface area contributed by atoms with Crippen LogP contribution in [0, 0.1) is 0 Å². The fraction of sp³-hybridized carbons (Fsp3) is 0.462. The average molecular weight is 250 g/mol. The smallest absolute Gasteiger partial charge is 0.212 e. The number of hydrogen-bond donors (Lipinski definition) is 2. The van der Waals surface area contributed by atoms with Gasteiger partial charge in [-0.3, -0.25) is 10.4 Å². The Labute approximate surface area is 109 Å². The summed E-state index contributed by atoms with van der Waals surface area (Å²) in [5, 5.41) is 0. The van der Waals surface area contributed by atoms with E-state index in [4.69, 9.17) is 10.6 Å². The van der Waals surface area contributed by atoms with Crippen LogP contribution < -0.4 is 20.9 Å². The zero-order chi connectivity index (χ0) is 13.4. The third-order valence-corrected chi connectivity index (χ3v) is 2.67. The zero-order valence-electron chi connectivity index (χ0n) is 11.3. The first kappa shape index (κ1) is 14.3. The molecular formula is C13H22N4O. The van der Waals surface area contributed by atoms with Crippen LogP contribution >= 0.6 is 0 Å². The van der Waals surface area contributed by atoms with Crippen LogP contribution in [0.15, 0.2) is 29.3 Å². The molecule has 0 radical (unpaired) electrons. The first-order chi connectivity index (χ1) is 8.74. The highest BCUT2D eigenvalue weighted by molar-refractivity contribution is 5.96. The largest absolute Gasteiger partial charge is 0.495 e. The second-order valence-corrected chi connectivity index (χ2v) is 3.93.